The maximum Gasteiger partial charge on any atom is 0.372 e. The Labute approximate surface area is 99.3 Å². The zero-order chi connectivity index (χ0) is 12.7. The molecule has 1 N–H and O–H groups in total. The van der Waals surface area contributed by atoms with Crippen LogP contribution in [0.1, 0.15) is 36.0 Å². The Hall–Kier alpha value is -1.97. The van der Waals surface area contributed by atoms with Crippen LogP contribution in [0.2, 0.25) is 0 Å². The highest BCUT2D eigenvalue weighted by Gasteiger charge is 2.11. The lowest BCUT2D eigenvalue weighted by molar-refractivity contribution is -0.149. The molecule has 0 saturated heterocycles. The Morgan fingerprint density at radius 2 is 1.53 bits per heavy atom. The quantitative estimate of drug-likeness (QED) is 0.445. The maximum atomic E-state index is 11.6. The van der Waals surface area contributed by atoms with E-state index >= 15 is 0 Å². The number of hydrogen-bond donors (Lipinski definition) is 1. The second-order valence-corrected chi connectivity index (χ2v) is 3.72. The maximum absolute atomic E-state index is 11.6. The highest BCUT2D eigenvalue weighted by molar-refractivity contribution is 6.32. The van der Waals surface area contributed by atoms with E-state index in [1.54, 1.807) is 24.3 Å². The van der Waals surface area contributed by atoms with Gasteiger partial charge in [-0.1, -0.05) is 30.3 Å². The van der Waals surface area contributed by atoms with E-state index in [4.69, 9.17) is 5.11 Å². The highest BCUT2D eigenvalue weighted by Crippen LogP contribution is 2.08. The lowest BCUT2D eigenvalue weighted by atomic mass is 10.0. The van der Waals surface area contributed by atoms with Crippen LogP contribution in [0, 0.1) is 0 Å². The summed E-state index contributed by atoms with van der Waals surface area (Å²) < 4.78 is 0. The van der Waals surface area contributed by atoms with Gasteiger partial charge < -0.3 is 5.11 Å². The molecule has 0 spiro atoms. The Kier molecular flexibility index (Phi) is 5.07. The monoisotopic (exact) mass is 234 g/mol. The summed E-state index contributed by atoms with van der Waals surface area (Å²) in [6.45, 7) is 0. The van der Waals surface area contributed by atoms with E-state index in [9.17, 15) is 14.4 Å². The van der Waals surface area contributed by atoms with Gasteiger partial charge in [-0.2, -0.15) is 0 Å². The topological polar surface area (TPSA) is 71.4 Å². The molecule has 0 heterocycles. The van der Waals surface area contributed by atoms with Gasteiger partial charge in [0.05, 0.1) is 0 Å². The molecule has 1 rings (SSSR count). The number of carboxylic acids is 1. The van der Waals surface area contributed by atoms with Gasteiger partial charge >= 0.3 is 5.97 Å². The van der Waals surface area contributed by atoms with Crippen molar-refractivity contribution < 1.29 is 19.5 Å². The molecule has 4 nitrogen and oxygen atoms in total. The van der Waals surface area contributed by atoms with E-state index in [2.05, 4.69) is 0 Å². The summed E-state index contributed by atoms with van der Waals surface area (Å²) in [5.41, 5.74) is 0.650. The summed E-state index contributed by atoms with van der Waals surface area (Å²) in [4.78, 5) is 32.6. The number of carbonyl (C=O) groups is 3. The van der Waals surface area contributed by atoms with Crippen LogP contribution in [-0.2, 0) is 9.59 Å². The van der Waals surface area contributed by atoms with E-state index in [1.807, 2.05) is 6.07 Å². The zero-order valence-corrected chi connectivity index (χ0v) is 9.39. The number of aliphatic carboxylic acids is 1. The molecule has 1 aromatic rings. The van der Waals surface area contributed by atoms with Crippen LogP contribution >= 0.6 is 0 Å². The SMILES string of the molecule is O=C(O)C(=O)CCCCC(=O)c1ccccc1. The van der Waals surface area contributed by atoms with Crippen molar-refractivity contribution in [2.45, 2.75) is 25.7 Å². The van der Waals surface area contributed by atoms with E-state index in [0.717, 1.165) is 0 Å². The largest absolute Gasteiger partial charge is 0.476 e. The van der Waals surface area contributed by atoms with Crippen molar-refractivity contribution in [3.05, 3.63) is 35.9 Å². The van der Waals surface area contributed by atoms with Crippen molar-refractivity contribution in [3.63, 3.8) is 0 Å². The number of hydrogen-bond acceptors (Lipinski definition) is 3. The van der Waals surface area contributed by atoms with Crippen LogP contribution in [0.15, 0.2) is 30.3 Å². The van der Waals surface area contributed by atoms with E-state index < -0.39 is 11.8 Å². The smallest absolute Gasteiger partial charge is 0.372 e. The number of Topliss-reactive ketones (excluding diaryl/α,β-unsaturated/α-hetero) is 2. The molecule has 0 amide bonds. The fourth-order valence-electron chi connectivity index (χ4n) is 1.45. The molecule has 0 aliphatic heterocycles. The Morgan fingerprint density at radius 1 is 0.941 bits per heavy atom. The Bertz CT molecular complexity index is 409. The second kappa shape index (κ2) is 6.58. The zero-order valence-electron chi connectivity index (χ0n) is 9.39. The average Bonchev–Trinajstić information content (AvgIpc) is 2.35. The molecular weight excluding hydrogens is 220 g/mol. The fourth-order valence-corrected chi connectivity index (χ4v) is 1.45. The third-order valence-corrected chi connectivity index (χ3v) is 2.39. The number of carbonyl (C=O) groups excluding carboxylic acids is 2. The van der Waals surface area contributed by atoms with Crippen molar-refractivity contribution in [2.75, 3.05) is 0 Å². The molecule has 4 heteroatoms. The number of ketones is 2. The molecule has 1 aromatic carbocycles. The van der Waals surface area contributed by atoms with Gasteiger partial charge in [-0.3, -0.25) is 9.59 Å². The number of carboxylic acid groups (broad SMARTS) is 1. The van der Waals surface area contributed by atoms with Gasteiger partial charge in [-0.15, -0.1) is 0 Å². The Morgan fingerprint density at radius 3 is 2.12 bits per heavy atom. The first-order chi connectivity index (χ1) is 8.11. The molecule has 0 fully saturated rings. The number of unbranched alkanes of at least 4 members (excludes halogenated alkanes) is 1. The van der Waals surface area contributed by atoms with Crippen LogP contribution in [0.4, 0.5) is 0 Å². The molecule has 0 atom stereocenters. The normalized spacial score (nSPS) is 9.88. The van der Waals surface area contributed by atoms with Crippen molar-refractivity contribution >= 4 is 17.5 Å². The minimum absolute atomic E-state index is 0.00258. The molecule has 0 aromatic heterocycles. The van der Waals surface area contributed by atoms with Crippen LogP contribution < -0.4 is 0 Å². The van der Waals surface area contributed by atoms with Crippen LogP contribution in [0.5, 0.6) is 0 Å². The van der Waals surface area contributed by atoms with Crippen molar-refractivity contribution in [1.82, 2.24) is 0 Å². The predicted molar refractivity (Wildman–Crippen MR) is 61.9 cm³/mol. The van der Waals surface area contributed by atoms with Gasteiger partial charge in [-0.25, -0.2) is 4.79 Å². The van der Waals surface area contributed by atoms with E-state index in [1.165, 1.54) is 0 Å². The summed E-state index contributed by atoms with van der Waals surface area (Å²) in [6, 6.07) is 8.90. The number of benzene rings is 1. The van der Waals surface area contributed by atoms with Gasteiger partial charge in [-0.05, 0) is 12.8 Å². The summed E-state index contributed by atoms with van der Waals surface area (Å²) in [7, 11) is 0. The van der Waals surface area contributed by atoms with Gasteiger partial charge in [0.15, 0.2) is 5.78 Å². The lowest BCUT2D eigenvalue weighted by Crippen LogP contribution is -2.11. The third kappa shape index (κ3) is 4.59. The van der Waals surface area contributed by atoms with Crippen molar-refractivity contribution in [2.24, 2.45) is 0 Å². The fraction of sp³-hybridized carbons (Fsp3) is 0.308. The first-order valence-electron chi connectivity index (χ1n) is 5.45. The lowest BCUT2D eigenvalue weighted by Gasteiger charge is -2.00. The van der Waals surface area contributed by atoms with Crippen LogP contribution in [-0.4, -0.2) is 22.6 Å². The van der Waals surface area contributed by atoms with Gasteiger partial charge in [0.25, 0.3) is 0 Å². The molecule has 17 heavy (non-hydrogen) atoms. The molecular formula is C13H14O4. The van der Waals surface area contributed by atoms with Gasteiger partial charge in [0.2, 0.25) is 5.78 Å². The standard InChI is InChI=1S/C13H14O4/c14-11(10-6-2-1-3-7-10)8-4-5-9-12(15)13(16)17/h1-3,6-7H,4-5,8-9H2,(H,16,17). The van der Waals surface area contributed by atoms with Crippen molar-refractivity contribution in [3.8, 4) is 0 Å². The second-order valence-electron chi connectivity index (χ2n) is 3.72. The predicted octanol–water partition coefficient (Wildman–Crippen LogP) is 2.08. The van der Waals surface area contributed by atoms with Gasteiger partial charge in [0.1, 0.15) is 0 Å². The first-order valence-corrected chi connectivity index (χ1v) is 5.45. The molecule has 0 bridgehead atoms. The third-order valence-electron chi connectivity index (χ3n) is 2.39. The molecule has 0 aliphatic carbocycles. The summed E-state index contributed by atoms with van der Waals surface area (Å²) in [5.74, 6) is -2.18. The average molecular weight is 234 g/mol. The van der Waals surface area contributed by atoms with E-state index in [-0.39, 0.29) is 12.2 Å². The Balaban J connectivity index is 2.26. The van der Waals surface area contributed by atoms with Crippen LogP contribution in [0.3, 0.4) is 0 Å². The molecule has 0 radical (unpaired) electrons. The molecule has 0 saturated carbocycles. The first kappa shape index (κ1) is 13.1. The summed E-state index contributed by atoms with van der Waals surface area (Å²) in [6.07, 6.45) is 1.31. The van der Waals surface area contributed by atoms with Crippen molar-refractivity contribution in [1.29, 1.82) is 0 Å². The van der Waals surface area contributed by atoms with E-state index in [0.29, 0.717) is 24.8 Å². The number of rotatable bonds is 7. The summed E-state index contributed by atoms with van der Waals surface area (Å²) in [5, 5.41) is 8.35. The van der Waals surface area contributed by atoms with Crippen LogP contribution in [0.25, 0.3) is 0 Å². The molecule has 0 aliphatic rings. The highest BCUT2D eigenvalue weighted by atomic mass is 16.4. The molecule has 0 unspecified atom stereocenters. The van der Waals surface area contributed by atoms with Gasteiger partial charge in [0, 0.05) is 18.4 Å². The minimum atomic E-state index is -1.40. The molecule has 90 valence electrons. The summed E-state index contributed by atoms with van der Waals surface area (Å²) >= 11 is 0. The minimum Gasteiger partial charge on any atom is -0.476 e.